The number of halogens is 4. The van der Waals surface area contributed by atoms with E-state index in [0.717, 1.165) is 10.6 Å². The minimum absolute atomic E-state index is 0.0739. The topological polar surface area (TPSA) is 30.2 Å². The molecule has 0 spiro atoms. The van der Waals surface area contributed by atoms with Crippen molar-refractivity contribution < 1.29 is 13.2 Å². The highest BCUT2D eigenvalue weighted by molar-refractivity contribution is 6.29. The van der Waals surface area contributed by atoms with Crippen molar-refractivity contribution >= 4 is 17.2 Å². The smallest absolute Gasteiger partial charge is 0.224 e. The van der Waals surface area contributed by atoms with Gasteiger partial charge in [0.1, 0.15) is 10.8 Å². The summed E-state index contributed by atoms with van der Waals surface area (Å²) in [6, 6.07) is 2.09. The van der Waals surface area contributed by atoms with Crippen LogP contribution < -0.4 is 0 Å². The van der Waals surface area contributed by atoms with Crippen LogP contribution >= 0.6 is 11.6 Å². The van der Waals surface area contributed by atoms with Crippen molar-refractivity contribution in [3.8, 4) is 0 Å². The van der Waals surface area contributed by atoms with Crippen molar-refractivity contribution in [1.29, 1.82) is 0 Å². The summed E-state index contributed by atoms with van der Waals surface area (Å²) in [5, 5.41) is 3.58. The first-order chi connectivity index (χ1) is 7.48. The fourth-order valence-electron chi connectivity index (χ4n) is 1.02. The van der Waals surface area contributed by atoms with Crippen LogP contribution in [0, 0.1) is 0 Å². The predicted octanol–water partition coefficient (Wildman–Crippen LogP) is 3.43. The van der Waals surface area contributed by atoms with Crippen LogP contribution in [0.25, 0.3) is 5.65 Å². The second-order valence-electron chi connectivity index (χ2n) is 2.56. The predicted molar refractivity (Wildman–Crippen MR) is 54.3 cm³/mol. The Morgan fingerprint density at radius 3 is 2.50 bits per heavy atom. The van der Waals surface area contributed by atoms with Crippen LogP contribution in [0.5, 0.6) is 0 Å². The minimum atomic E-state index is -4.49. The van der Waals surface area contributed by atoms with E-state index in [9.17, 15) is 13.2 Å². The Morgan fingerprint density at radius 2 is 1.94 bits per heavy atom. The van der Waals surface area contributed by atoms with Crippen molar-refractivity contribution in [3.63, 3.8) is 0 Å². The number of alkyl halides is 3. The first-order valence-corrected chi connectivity index (χ1v) is 4.94. The Hall–Kier alpha value is -1.30. The van der Waals surface area contributed by atoms with Crippen LogP contribution in [0.2, 0.25) is 5.15 Å². The van der Waals surface area contributed by atoms with Gasteiger partial charge in [0.25, 0.3) is 0 Å². The molecule has 7 heteroatoms. The average molecular weight is 252 g/mol. The van der Waals surface area contributed by atoms with E-state index < -0.39 is 11.9 Å². The molecule has 0 saturated carbocycles. The SMILES string of the molecule is CC.FC(F)(F)c1cc(Cl)n2nccc2n1. The van der Waals surface area contributed by atoms with Crippen LogP contribution in [-0.4, -0.2) is 14.6 Å². The lowest BCUT2D eigenvalue weighted by atomic mass is 10.4. The lowest BCUT2D eigenvalue weighted by Crippen LogP contribution is -2.09. The molecule has 2 rings (SSSR count). The van der Waals surface area contributed by atoms with Crippen LogP contribution in [0.4, 0.5) is 13.2 Å². The van der Waals surface area contributed by atoms with E-state index in [1.807, 2.05) is 13.8 Å². The highest BCUT2D eigenvalue weighted by Gasteiger charge is 2.33. The summed E-state index contributed by atoms with van der Waals surface area (Å²) in [7, 11) is 0. The summed E-state index contributed by atoms with van der Waals surface area (Å²) in [4.78, 5) is 3.36. The van der Waals surface area contributed by atoms with E-state index in [1.54, 1.807) is 0 Å². The monoisotopic (exact) mass is 251 g/mol. The molecule has 2 aromatic heterocycles. The van der Waals surface area contributed by atoms with Crippen LogP contribution in [0.1, 0.15) is 19.5 Å². The third kappa shape index (κ3) is 2.44. The minimum Gasteiger partial charge on any atom is -0.224 e. The lowest BCUT2D eigenvalue weighted by molar-refractivity contribution is -0.141. The van der Waals surface area contributed by atoms with Crippen molar-refractivity contribution in [3.05, 3.63) is 29.2 Å². The number of fused-ring (bicyclic) bond motifs is 1. The molecular weight excluding hydrogens is 243 g/mol. The molecule has 0 aromatic carbocycles. The number of aromatic nitrogens is 3. The summed E-state index contributed by atoms with van der Waals surface area (Å²) in [6.45, 7) is 4.00. The summed E-state index contributed by atoms with van der Waals surface area (Å²) in [5.41, 5.74) is -0.944. The Morgan fingerprint density at radius 1 is 1.31 bits per heavy atom. The standard InChI is InChI=1S/C7H3ClF3N3.C2H6/c8-5-3-4(7(9,10)11)13-6-1-2-12-14(5)6;1-2/h1-3H;1-2H3. The van der Waals surface area contributed by atoms with E-state index in [-0.39, 0.29) is 10.8 Å². The normalized spacial score (nSPS) is 11.1. The second-order valence-corrected chi connectivity index (χ2v) is 2.95. The van der Waals surface area contributed by atoms with Crippen LogP contribution in [-0.2, 0) is 6.18 Å². The Balaban J connectivity index is 0.000000606. The fraction of sp³-hybridized carbons (Fsp3) is 0.333. The first kappa shape index (κ1) is 12.8. The van der Waals surface area contributed by atoms with Gasteiger partial charge in [0, 0.05) is 12.1 Å². The second kappa shape index (κ2) is 4.69. The van der Waals surface area contributed by atoms with Crippen LogP contribution in [0.3, 0.4) is 0 Å². The maximum absolute atomic E-state index is 12.3. The van der Waals surface area contributed by atoms with Gasteiger partial charge in [-0.15, -0.1) is 0 Å². The molecular formula is C9H9ClF3N3. The molecule has 0 fully saturated rings. The van der Waals surface area contributed by atoms with E-state index in [1.165, 1.54) is 12.3 Å². The zero-order valence-electron chi connectivity index (χ0n) is 8.59. The van der Waals surface area contributed by atoms with Gasteiger partial charge in [0.15, 0.2) is 5.65 Å². The van der Waals surface area contributed by atoms with Crippen LogP contribution in [0.15, 0.2) is 18.3 Å². The average Bonchev–Trinajstić information content (AvgIpc) is 2.68. The van der Waals surface area contributed by atoms with Crippen molar-refractivity contribution in [2.75, 3.05) is 0 Å². The maximum Gasteiger partial charge on any atom is 0.433 e. The van der Waals surface area contributed by atoms with Gasteiger partial charge in [-0.25, -0.2) is 9.50 Å². The fourth-order valence-corrected chi connectivity index (χ4v) is 1.25. The van der Waals surface area contributed by atoms with E-state index in [0.29, 0.717) is 0 Å². The molecule has 0 atom stereocenters. The molecule has 0 aliphatic carbocycles. The third-order valence-corrected chi connectivity index (χ3v) is 1.88. The zero-order chi connectivity index (χ0) is 12.3. The Kier molecular flexibility index (Phi) is 3.74. The summed E-state index contributed by atoms with van der Waals surface area (Å²) >= 11 is 5.57. The van der Waals surface area contributed by atoms with Crippen molar-refractivity contribution in [1.82, 2.24) is 14.6 Å². The zero-order valence-corrected chi connectivity index (χ0v) is 9.34. The highest BCUT2D eigenvalue weighted by Crippen LogP contribution is 2.29. The van der Waals surface area contributed by atoms with Gasteiger partial charge in [0.2, 0.25) is 0 Å². The van der Waals surface area contributed by atoms with Gasteiger partial charge < -0.3 is 0 Å². The molecule has 3 nitrogen and oxygen atoms in total. The van der Waals surface area contributed by atoms with Crippen molar-refractivity contribution in [2.24, 2.45) is 0 Å². The Bertz CT molecular complexity index is 478. The van der Waals surface area contributed by atoms with Gasteiger partial charge in [-0.05, 0) is 0 Å². The number of hydrogen-bond donors (Lipinski definition) is 0. The van der Waals surface area contributed by atoms with Crippen molar-refractivity contribution in [2.45, 2.75) is 20.0 Å². The van der Waals surface area contributed by atoms with E-state index in [4.69, 9.17) is 11.6 Å². The summed E-state index contributed by atoms with van der Waals surface area (Å²) in [6.07, 6.45) is -3.16. The molecule has 0 aliphatic rings. The van der Waals surface area contributed by atoms with Gasteiger partial charge in [-0.1, -0.05) is 25.4 Å². The molecule has 2 heterocycles. The molecule has 0 amide bonds. The summed E-state index contributed by atoms with van der Waals surface area (Å²) < 4.78 is 37.9. The molecule has 16 heavy (non-hydrogen) atoms. The van der Waals surface area contributed by atoms with E-state index in [2.05, 4.69) is 10.1 Å². The van der Waals surface area contributed by atoms with Gasteiger partial charge >= 0.3 is 6.18 Å². The highest BCUT2D eigenvalue weighted by atomic mass is 35.5. The molecule has 88 valence electrons. The molecule has 0 saturated heterocycles. The lowest BCUT2D eigenvalue weighted by Gasteiger charge is -2.06. The first-order valence-electron chi connectivity index (χ1n) is 4.56. The third-order valence-electron chi connectivity index (χ3n) is 1.61. The van der Waals surface area contributed by atoms with Gasteiger partial charge in [0.05, 0.1) is 6.20 Å². The van der Waals surface area contributed by atoms with E-state index >= 15 is 0 Å². The van der Waals surface area contributed by atoms with Gasteiger partial charge in [-0.3, -0.25) is 0 Å². The quantitative estimate of drug-likeness (QED) is 0.672. The molecule has 0 bridgehead atoms. The number of rotatable bonds is 0. The Labute approximate surface area is 94.9 Å². The largest absolute Gasteiger partial charge is 0.433 e. The maximum atomic E-state index is 12.3. The van der Waals surface area contributed by atoms with Gasteiger partial charge in [-0.2, -0.15) is 18.3 Å². The number of hydrogen-bond acceptors (Lipinski definition) is 2. The molecule has 0 N–H and O–H groups in total. The molecule has 0 unspecified atom stereocenters. The number of nitrogens with zero attached hydrogens (tertiary/aromatic N) is 3. The summed E-state index contributed by atoms with van der Waals surface area (Å²) in [5.74, 6) is 0. The molecule has 2 aromatic rings. The molecule has 0 aliphatic heterocycles. The molecule has 0 radical (unpaired) electrons.